The predicted molar refractivity (Wildman–Crippen MR) is 131 cm³/mol. The molecule has 4 rings (SSSR count). The van der Waals surface area contributed by atoms with Gasteiger partial charge in [-0.15, -0.1) is 0 Å². The first kappa shape index (κ1) is 25.9. The highest BCUT2D eigenvalue weighted by molar-refractivity contribution is 5.93. The number of cyclic esters (lactones) is 1. The lowest BCUT2D eigenvalue weighted by molar-refractivity contribution is -0.144. The number of fused-ring (bicyclic) bond motifs is 1. The van der Waals surface area contributed by atoms with Crippen molar-refractivity contribution in [1.29, 1.82) is 0 Å². The summed E-state index contributed by atoms with van der Waals surface area (Å²) in [6.07, 6.45) is 4.54. The largest absolute Gasteiger partial charge is 0.479 e. The van der Waals surface area contributed by atoms with Gasteiger partial charge in [-0.2, -0.15) is 0 Å². The van der Waals surface area contributed by atoms with E-state index in [9.17, 15) is 19.2 Å². The summed E-state index contributed by atoms with van der Waals surface area (Å²) in [5.74, 6) is -0.419. The van der Waals surface area contributed by atoms with E-state index in [1.807, 2.05) is 12.1 Å². The number of nitrogens with one attached hydrogen (secondary N) is 3. The molecule has 3 aliphatic rings. The fourth-order valence-electron chi connectivity index (χ4n) is 5.14. The van der Waals surface area contributed by atoms with Crippen LogP contribution in [0.25, 0.3) is 0 Å². The van der Waals surface area contributed by atoms with Gasteiger partial charge in [0.25, 0.3) is 0 Å². The molecule has 0 bridgehead atoms. The van der Waals surface area contributed by atoms with Crippen LogP contribution in [0, 0.1) is 0 Å². The molecule has 3 fully saturated rings. The Morgan fingerprint density at radius 1 is 1.14 bits per heavy atom. The van der Waals surface area contributed by atoms with Gasteiger partial charge in [-0.25, -0.2) is 4.79 Å². The van der Waals surface area contributed by atoms with Gasteiger partial charge in [-0.05, 0) is 57.4 Å². The quantitative estimate of drug-likeness (QED) is 0.455. The second kappa shape index (κ2) is 11.7. The summed E-state index contributed by atoms with van der Waals surface area (Å²) < 4.78 is 10.7. The Morgan fingerprint density at radius 2 is 1.94 bits per heavy atom. The van der Waals surface area contributed by atoms with Crippen LogP contribution < -0.4 is 20.7 Å². The molecule has 3 amide bonds. The van der Waals surface area contributed by atoms with Gasteiger partial charge in [0, 0.05) is 19.0 Å². The van der Waals surface area contributed by atoms with E-state index in [0.717, 1.165) is 31.2 Å². The standard InChI is InChI=1S/C26H36N4O6/c1-16(27-2)23(31)29-20-9-4-3-7-18-10-11-21(30(18)25(20)33)24(32)28-15-17-6-5-8-19(14-17)36-22-12-13-35-26(22)34/h5-6,8,14,16,18,20-22,27H,3-4,7,9-13,15H2,1-2H3,(H,28,32)(H,29,31)/t16?,18-,20-,21-,22?/m0/s1. The maximum Gasteiger partial charge on any atom is 0.347 e. The molecule has 0 radical (unpaired) electrons. The molecule has 10 heteroatoms. The lowest BCUT2D eigenvalue weighted by Gasteiger charge is -2.35. The van der Waals surface area contributed by atoms with E-state index in [-0.39, 0.29) is 36.3 Å². The van der Waals surface area contributed by atoms with Crippen LogP contribution in [0.4, 0.5) is 0 Å². The number of rotatable bonds is 8. The minimum atomic E-state index is -0.624. The first-order valence-electron chi connectivity index (χ1n) is 12.9. The van der Waals surface area contributed by atoms with Gasteiger partial charge in [-0.3, -0.25) is 14.4 Å². The Labute approximate surface area is 211 Å². The third kappa shape index (κ3) is 5.98. The molecule has 0 spiro atoms. The van der Waals surface area contributed by atoms with Gasteiger partial charge in [0.15, 0.2) is 6.10 Å². The van der Waals surface area contributed by atoms with Crippen molar-refractivity contribution in [2.75, 3.05) is 13.7 Å². The molecule has 3 N–H and O–H groups in total. The molecule has 5 atom stereocenters. The van der Waals surface area contributed by atoms with Crippen LogP contribution in [0.1, 0.15) is 57.4 Å². The normalized spacial score (nSPS) is 26.9. The fraction of sp³-hybridized carbons (Fsp3) is 0.615. The second-order valence-corrected chi connectivity index (χ2v) is 9.78. The average molecular weight is 501 g/mol. The van der Waals surface area contributed by atoms with Crippen molar-refractivity contribution in [3.05, 3.63) is 29.8 Å². The summed E-state index contributed by atoms with van der Waals surface area (Å²) in [5.41, 5.74) is 0.826. The molecule has 196 valence electrons. The van der Waals surface area contributed by atoms with Crippen molar-refractivity contribution in [2.45, 2.75) is 88.7 Å². The average Bonchev–Trinajstić information content (AvgIpc) is 3.48. The number of ether oxygens (including phenoxy) is 2. The van der Waals surface area contributed by atoms with E-state index in [1.165, 1.54) is 0 Å². The number of hydrogen-bond acceptors (Lipinski definition) is 7. The maximum atomic E-state index is 13.5. The number of carbonyl (C=O) groups excluding carboxylic acids is 4. The van der Waals surface area contributed by atoms with Crippen LogP contribution in [-0.2, 0) is 30.5 Å². The van der Waals surface area contributed by atoms with Crippen LogP contribution in [0.5, 0.6) is 5.75 Å². The van der Waals surface area contributed by atoms with Crippen molar-refractivity contribution < 1.29 is 28.7 Å². The summed E-state index contributed by atoms with van der Waals surface area (Å²) >= 11 is 0. The fourth-order valence-corrected chi connectivity index (χ4v) is 5.14. The molecular formula is C26H36N4O6. The molecule has 0 aliphatic carbocycles. The van der Waals surface area contributed by atoms with E-state index in [4.69, 9.17) is 9.47 Å². The first-order chi connectivity index (χ1) is 17.4. The lowest BCUT2D eigenvalue weighted by Crippen LogP contribution is -2.57. The van der Waals surface area contributed by atoms with Crippen molar-refractivity contribution >= 4 is 23.7 Å². The van der Waals surface area contributed by atoms with Gasteiger partial charge < -0.3 is 30.3 Å². The van der Waals surface area contributed by atoms with Gasteiger partial charge in [0.2, 0.25) is 17.7 Å². The van der Waals surface area contributed by atoms with Crippen molar-refractivity contribution in [3.63, 3.8) is 0 Å². The summed E-state index contributed by atoms with van der Waals surface area (Å²) in [5, 5.41) is 8.75. The zero-order chi connectivity index (χ0) is 25.7. The maximum absolute atomic E-state index is 13.5. The molecule has 2 unspecified atom stereocenters. The molecule has 3 saturated heterocycles. The molecule has 3 heterocycles. The Kier molecular flexibility index (Phi) is 8.45. The number of benzene rings is 1. The third-order valence-electron chi connectivity index (χ3n) is 7.31. The minimum absolute atomic E-state index is 0.0116. The van der Waals surface area contributed by atoms with Gasteiger partial charge in [-0.1, -0.05) is 25.0 Å². The zero-order valence-electron chi connectivity index (χ0n) is 21.0. The summed E-state index contributed by atoms with van der Waals surface area (Å²) in [6, 6.07) is 5.65. The Hall–Kier alpha value is -3.14. The monoisotopic (exact) mass is 500 g/mol. The van der Waals surface area contributed by atoms with E-state index in [0.29, 0.717) is 31.6 Å². The van der Waals surface area contributed by atoms with Crippen molar-refractivity contribution in [2.24, 2.45) is 0 Å². The number of likely N-dealkylation sites (N-methyl/N-ethyl adjacent to an activating group) is 1. The molecule has 36 heavy (non-hydrogen) atoms. The van der Waals surface area contributed by atoms with Crippen molar-refractivity contribution in [1.82, 2.24) is 20.9 Å². The lowest BCUT2D eigenvalue weighted by atomic mass is 9.98. The number of amides is 3. The molecule has 1 aromatic rings. The van der Waals surface area contributed by atoms with E-state index < -0.39 is 24.2 Å². The highest BCUT2D eigenvalue weighted by Gasteiger charge is 2.43. The predicted octanol–water partition coefficient (Wildman–Crippen LogP) is 1.02. The summed E-state index contributed by atoms with van der Waals surface area (Å²) in [6.45, 7) is 2.38. The van der Waals surface area contributed by atoms with Crippen LogP contribution >= 0.6 is 0 Å². The second-order valence-electron chi connectivity index (χ2n) is 9.78. The third-order valence-corrected chi connectivity index (χ3v) is 7.31. The molecular weight excluding hydrogens is 464 g/mol. The molecule has 10 nitrogen and oxygen atoms in total. The minimum Gasteiger partial charge on any atom is -0.479 e. The Balaban J connectivity index is 1.39. The van der Waals surface area contributed by atoms with Crippen LogP contribution in [0.3, 0.4) is 0 Å². The van der Waals surface area contributed by atoms with Gasteiger partial charge >= 0.3 is 5.97 Å². The van der Waals surface area contributed by atoms with Gasteiger partial charge in [0.1, 0.15) is 17.8 Å². The Bertz CT molecular complexity index is 985. The SMILES string of the molecule is CNC(C)C(=O)N[C@H]1CCCC[C@H]2CC[C@@H](C(=O)NCc3cccc(OC4CCOC4=O)c3)N2C1=O. The molecule has 0 saturated carbocycles. The highest BCUT2D eigenvalue weighted by Crippen LogP contribution is 2.31. The summed E-state index contributed by atoms with van der Waals surface area (Å²) in [4.78, 5) is 52.6. The highest BCUT2D eigenvalue weighted by atomic mass is 16.6. The molecule has 1 aromatic carbocycles. The number of carbonyl (C=O) groups is 4. The van der Waals surface area contributed by atoms with Crippen LogP contribution in [0.15, 0.2) is 24.3 Å². The van der Waals surface area contributed by atoms with Gasteiger partial charge in [0.05, 0.1) is 12.6 Å². The van der Waals surface area contributed by atoms with E-state index >= 15 is 0 Å². The summed E-state index contributed by atoms with van der Waals surface area (Å²) in [7, 11) is 1.70. The molecule has 0 aromatic heterocycles. The molecule has 3 aliphatic heterocycles. The zero-order valence-corrected chi connectivity index (χ0v) is 21.0. The van der Waals surface area contributed by atoms with Crippen LogP contribution in [0.2, 0.25) is 0 Å². The number of nitrogens with zero attached hydrogens (tertiary/aromatic N) is 1. The van der Waals surface area contributed by atoms with E-state index in [1.54, 1.807) is 31.0 Å². The number of esters is 1. The number of hydrogen-bond donors (Lipinski definition) is 3. The van der Waals surface area contributed by atoms with E-state index in [2.05, 4.69) is 16.0 Å². The van der Waals surface area contributed by atoms with Crippen LogP contribution in [-0.4, -0.2) is 72.5 Å². The van der Waals surface area contributed by atoms with Crippen molar-refractivity contribution in [3.8, 4) is 5.75 Å². The Morgan fingerprint density at radius 3 is 2.69 bits per heavy atom. The topological polar surface area (TPSA) is 126 Å². The first-order valence-corrected chi connectivity index (χ1v) is 12.9. The smallest absolute Gasteiger partial charge is 0.347 e.